The van der Waals surface area contributed by atoms with Crippen LogP contribution in [0.25, 0.3) is 10.2 Å². The minimum absolute atomic E-state index is 0.408. The van der Waals surface area contributed by atoms with Gasteiger partial charge in [0.1, 0.15) is 0 Å². The van der Waals surface area contributed by atoms with Gasteiger partial charge in [0, 0.05) is 0 Å². The number of nitrogens with two attached hydrogens (primary N) is 1. The highest BCUT2D eigenvalue weighted by molar-refractivity contribution is 7.18. The summed E-state index contributed by atoms with van der Waals surface area (Å²) in [5, 5.41) is 5.47. The first-order valence-corrected chi connectivity index (χ1v) is 7.97. The Kier molecular flexibility index (Phi) is 3.88. The first kappa shape index (κ1) is 14.7. The molecule has 0 saturated heterocycles. The molecule has 7 heteroatoms. The maximum absolute atomic E-state index is 6.17. The number of aromatic nitrogens is 1. The zero-order valence-electron chi connectivity index (χ0n) is 10.9. The molecular weight excluding hydrogens is 349 g/mol. The second kappa shape index (κ2) is 5.54. The van der Waals surface area contributed by atoms with Gasteiger partial charge >= 0.3 is 0 Å². The van der Waals surface area contributed by atoms with Crippen LogP contribution in [0.4, 0.5) is 17.1 Å². The summed E-state index contributed by atoms with van der Waals surface area (Å²) in [5.41, 5.74) is 8.96. The summed E-state index contributed by atoms with van der Waals surface area (Å²) < 4.78 is 1.05. The Hall–Kier alpha value is -1.20. The second-order valence-electron chi connectivity index (χ2n) is 4.51. The summed E-state index contributed by atoms with van der Waals surface area (Å²) in [6.45, 7) is 1.96. The summed E-state index contributed by atoms with van der Waals surface area (Å²) in [7, 11) is 0. The predicted octanol–water partition coefficient (Wildman–Crippen LogP) is 5.89. The van der Waals surface area contributed by atoms with Crippen molar-refractivity contribution in [2.24, 2.45) is 0 Å². The molecule has 0 fully saturated rings. The van der Waals surface area contributed by atoms with Crippen LogP contribution in [-0.2, 0) is 0 Å². The number of anilines is 3. The van der Waals surface area contributed by atoms with Crippen LogP contribution >= 0.6 is 46.1 Å². The van der Waals surface area contributed by atoms with Crippen LogP contribution in [0.5, 0.6) is 0 Å². The number of nitrogens with zero attached hydrogens (tertiary/aromatic N) is 1. The van der Waals surface area contributed by atoms with Gasteiger partial charge in [-0.1, -0.05) is 34.8 Å². The molecule has 3 rings (SSSR count). The number of nitrogen functional groups attached to an aromatic ring is 1. The van der Waals surface area contributed by atoms with Crippen molar-refractivity contribution < 1.29 is 0 Å². The molecule has 0 aliphatic carbocycles. The van der Waals surface area contributed by atoms with E-state index in [9.17, 15) is 0 Å². The molecule has 3 N–H and O–H groups in total. The average molecular weight is 359 g/mol. The van der Waals surface area contributed by atoms with Gasteiger partial charge in [0.2, 0.25) is 0 Å². The van der Waals surface area contributed by atoms with Crippen molar-refractivity contribution in [2.45, 2.75) is 6.92 Å². The summed E-state index contributed by atoms with van der Waals surface area (Å²) in [5.74, 6) is 0. The molecule has 0 aliphatic heterocycles. The number of halogens is 3. The van der Waals surface area contributed by atoms with Crippen molar-refractivity contribution in [3.8, 4) is 0 Å². The van der Waals surface area contributed by atoms with E-state index < -0.39 is 0 Å². The lowest BCUT2D eigenvalue weighted by molar-refractivity contribution is 1.35. The molecule has 1 heterocycles. The minimum atomic E-state index is 0.408. The van der Waals surface area contributed by atoms with Crippen molar-refractivity contribution in [1.82, 2.24) is 4.98 Å². The number of aryl methyl sites for hydroxylation is 1. The number of fused-ring (bicyclic) bond motifs is 1. The van der Waals surface area contributed by atoms with Crippen LogP contribution in [0.1, 0.15) is 5.01 Å². The number of hydrogen-bond donors (Lipinski definition) is 2. The van der Waals surface area contributed by atoms with E-state index in [0.717, 1.165) is 20.9 Å². The number of nitrogens with one attached hydrogen (secondary N) is 1. The van der Waals surface area contributed by atoms with Gasteiger partial charge in [0.05, 0.1) is 47.4 Å². The molecule has 2 aromatic carbocycles. The molecule has 0 bridgehead atoms. The van der Waals surface area contributed by atoms with Crippen molar-refractivity contribution in [1.29, 1.82) is 0 Å². The molecule has 108 valence electrons. The van der Waals surface area contributed by atoms with Crippen LogP contribution in [0, 0.1) is 6.92 Å². The van der Waals surface area contributed by atoms with E-state index in [1.165, 1.54) is 0 Å². The van der Waals surface area contributed by atoms with Crippen molar-refractivity contribution >= 4 is 73.4 Å². The van der Waals surface area contributed by atoms with Crippen molar-refractivity contribution in [2.75, 3.05) is 11.1 Å². The van der Waals surface area contributed by atoms with E-state index >= 15 is 0 Å². The van der Waals surface area contributed by atoms with Crippen molar-refractivity contribution in [3.05, 3.63) is 44.3 Å². The zero-order valence-corrected chi connectivity index (χ0v) is 14.0. The average Bonchev–Trinajstić information content (AvgIpc) is 2.75. The molecule has 0 unspecified atom stereocenters. The Morgan fingerprint density at radius 1 is 1.00 bits per heavy atom. The SMILES string of the molecule is Cc1nc2cc(Nc3cc(Cl)c(Cl)cc3Cl)c(N)cc2s1. The number of hydrogen-bond acceptors (Lipinski definition) is 4. The first-order valence-electron chi connectivity index (χ1n) is 6.02. The van der Waals surface area contributed by atoms with Gasteiger partial charge in [0.25, 0.3) is 0 Å². The van der Waals surface area contributed by atoms with Gasteiger partial charge in [-0.15, -0.1) is 11.3 Å². The van der Waals surface area contributed by atoms with Gasteiger partial charge < -0.3 is 11.1 Å². The fraction of sp³-hybridized carbons (Fsp3) is 0.0714. The molecule has 0 radical (unpaired) electrons. The molecular formula is C14H10Cl3N3S. The van der Waals surface area contributed by atoms with E-state index in [1.54, 1.807) is 23.5 Å². The third kappa shape index (κ3) is 2.90. The summed E-state index contributed by atoms with van der Waals surface area (Å²) in [4.78, 5) is 4.45. The van der Waals surface area contributed by atoms with Gasteiger partial charge in [-0.25, -0.2) is 4.98 Å². The molecule has 21 heavy (non-hydrogen) atoms. The smallest absolute Gasteiger partial charge is 0.0907 e. The van der Waals surface area contributed by atoms with Crippen LogP contribution in [0.15, 0.2) is 24.3 Å². The summed E-state index contributed by atoms with van der Waals surface area (Å²) >= 11 is 19.7. The quantitative estimate of drug-likeness (QED) is 0.443. The Morgan fingerprint density at radius 2 is 1.71 bits per heavy atom. The van der Waals surface area contributed by atoms with Gasteiger partial charge in [-0.2, -0.15) is 0 Å². The van der Waals surface area contributed by atoms with E-state index in [1.807, 2.05) is 19.1 Å². The maximum Gasteiger partial charge on any atom is 0.0907 e. The summed E-state index contributed by atoms with van der Waals surface area (Å²) in [6, 6.07) is 7.05. The highest BCUT2D eigenvalue weighted by atomic mass is 35.5. The third-order valence-corrected chi connectivity index (χ3v) is 4.91. The van der Waals surface area contributed by atoms with Crippen LogP contribution in [0.2, 0.25) is 15.1 Å². The normalized spacial score (nSPS) is 11.0. The Morgan fingerprint density at radius 3 is 2.48 bits per heavy atom. The standard InChI is InChI=1S/C14H10Cl3N3S/c1-6-19-13-5-12(10(18)4-14(13)21-6)20-11-3-8(16)7(15)2-9(11)17/h2-5,20H,18H2,1H3. The van der Waals surface area contributed by atoms with E-state index in [2.05, 4.69) is 10.3 Å². The number of benzene rings is 2. The monoisotopic (exact) mass is 357 g/mol. The topological polar surface area (TPSA) is 50.9 Å². The Bertz CT molecular complexity index is 845. The Labute approximate surface area is 140 Å². The zero-order chi connectivity index (χ0) is 15.1. The van der Waals surface area contributed by atoms with Crippen molar-refractivity contribution in [3.63, 3.8) is 0 Å². The Balaban J connectivity index is 2.05. The second-order valence-corrected chi connectivity index (χ2v) is 6.97. The number of rotatable bonds is 2. The third-order valence-electron chi connectivity index (χ3n) is 2.95. The molecule has 3 nitrogen and oxygen atoms in total. The van der Waals surface area contributed by atoms with Gasteiger partial charge in [0.15, 0.2) is 0 Å². The molecule has 0 saturated carbocycles. The molecule has 0 amide bonds. The predicted molar refractivity (Wildman–Crippen MR) is 93.5 cm³/mol. The van der Waals surface area contributed by atoms with E-state index in [4.69, 9.17) is 40.5 Å². The van der Waals surface area contributed by atoms with E-state index in [-0.39, 0.29) is 0 Å². The molecule has 0 aliphatic rings. The van der Waals surface area contributed by atoms with Crippen LogP contribution in [-0.4, -0.2) is 4.98 Å². The lowest BCUT2D eigenvalue weighted by Gasteiger charge is -2.12. The molecule has 1 aromatic heterocycles. The van der Waals surface area contributed by atoms with Crippen LogP contribution in [0.3, 0.4) is 0 Å². The minimum Gasteiger partial charge on any atom is -0.397 e. The fourth-order valence-corrected chi connectivity index (χ4v) is 3.43. The van der Waals surface area contributed by atoms with E-state index in [0.29, 0.717) is 26.4 Å². The summed E-state index contributed by atoms with van der Waals surface area (Å²) in [6.07, 6.45) is 0. The largest absolute Gasteiger partial charge is 0.397 e. The fourth-order valence-electron chi connectivity index (χ4n) is 1.98. The van der Waals surface area contributed by atoms with Gasteiger partial charge in [-0.3, -0.25) is 0 Å². The number of thiazole rings is 1. The maximum atomic E-state index is 6.17. The highest BCUT2D eigenvalue weighted by Gasteiger charge is 2.10. The van der Waals surface area contributed by atoms with Gasteiger partial charge in [-0.05, 0) is 31.2 Å². The lowest BCUT2D eigenvalue weighted by Crippen LogP contribution is -1.97. The van der Waals surface area contributed by atoms with Crippen LogP contribution < -0.4 is 11.1 Å². The molecule has 3 aromatic rings. The first-order chi connectivity index (χ1) is 9.94. The molecule has 0 spiro atoms. The molecule has 0 atom stereocenters. The highest BCUT2D eigenvalue weighted by Crippen LogP contribution is 2.36. The lowest BCUT2D eigenvalue weighted by atomic mass is 10.2.